The first-order valence-electron chi connectivity index (χ1n) is 10.9. The summed E-state index contributed by atoms with van der Waals surface area (Å²) in [6.07, 6.45) is -1.07. The van der Waals surface area contributed by atoms with E-state index in [1.165, 1.54) is 23.5 Å². The molecule has 4 aromatic rings. The SMILES string of the molecule is CCS(=O)(=O)c1ccc(C(Oc2ccc(I)cc2)C(=O)Nc2nc3cc(CO)c(CO)cc3s2)cc1. The zero-order chi connectivity index (χ0) is 25.9. The molecule has 0 aliphatic heterocycles. The number of ether oxygens (including phenoxy) is 1. The number of halogens is 1. The van der Waals surface area contributed by atoms with E-state index < -0.39 is 21.8 Å². The van der Waals surface area contributed by atoms with E-state index in [9.17, 15) is 23.4 Å². The maximum Gasteiger partial charge on any atom is 0.271 e. The number of thiazole rings is 1. The Hall–Kier alpha value is -2.58. The minimum absolute atomic E-state index is 0.0248. The summed E-state index contributed by atoms with van der Waals surface area (Å²) in [5.74, 6) is -0.0306. The van der Waals surface area contributed by atoms with Gasteiger partial charge in [-0.2, -0.15) is 0 Å². The molecule has 0 bridgehead atoms. The van der Waals surface area contributed by atoms with Gasteiger partial charge in [0.2, 0.25) is 6.10 Å². The number of carbonyl (C=O) groups excluding carboxylic acids is 1. The summed E-state index contributed by atoms with van der Waals surface area (Å²) in [4.78, 5) is 18.0. The highest BCUT2D eigenvalue weighted by molar-refractivity contribution is 14.1. The summed E-state index contributed by atoms with van der Waals surface area (Å²) in [5, 5.41) is 22.2. The Morgan fingerprint density at radius 2 is 1.69 bits per heavy atom. The molecule has 0 radical (unpaired) electrons. The molecule has 8 nitrogen and oxygen atoms in total. The number of aliphatic hydroxyl groups excluding tert-OH is 2. The van der Waals surface area contributed by atoms with Crippen molar-refractivity contribution >= 4 is 65.0 Å². The molecule has 0 spiro atoms. The number of nitrogens with zero attached hydrogens (tertiary/aromatic N) is 1. The number of hydrogen-bond acceptors (Lipinski definition) is 8. The molecule has 1 aromatic heterocycles. The van der Waals surface area contributed by atoms with Gasteiger partial charge in [0.1, 0.15) is 5.75 Å². The summed E-state index contributed by atoms with van der Waals surface area (Å²) in [7, 11) is -3.39. The van der Waals surface area contributed by atoms with Crippen LogP contribution in [0.4, 0.5) is 5.13 Å². The van der Waals surface area contributed by atoms with Crippen LogP contribution in [0.25, 0.3) is 10.2 Å². The van der Waals surface area contributed by atoms with Gasteiger partial charge in [-0.1, -0.05) is 30.4 Å². The third-order valence-corrected chi connectivity index (χ3v) is 8.91. The van der Waals surface area contributed by atoms with Crippen LogP contribution in [0.1, 0.15) is 29.7 Å². The zero-order valence-electron chi connectivity index (χ0n) is 19.1. The zero-order valence-corrected chi connectivity index (χ0v) is 22.9. The van der Waals surface area contributed by atoms with Crippen molar-refractivity contribution in [2.75, 3.05) is 11.1 Å². The third-order valence-electron chi connectivity index (χ3n) is 5.51. The van der Waals surface area contributed by atoms with Crippen molar-refractivity contribution in [3.8, 4) is 5.75 Å². The van der Waals surface area contributed by atoms with Crippen molar-refractivity contribution in [1.29, 1.82) is 0 Å². The van der Waals surface area contributed by atoms with Gasteiger partial charge in [0, 0.05) is 9.13 Å². The second kappa shape index (κ2) is 11.2. The molecule has 1 amide bonds. The molecular formula is C25H23IN2O6S2. The van der Waals surface area contributed by atoms with E-state index >= 15 is 0 Å². The minimum atomic E-state index is -3.39. The molecule has 1 heterocycles. The van der Waals surface area contributed by atoms with Crippen LogP contribution in [-0.4, -0.2) is 35.3 Å². The number of sulfone groups is 1. The molecule has 11 heteroatoms. The molecular weight excluding hydrogens is 615 g/mol. The van der Waals surface area contributed by atoms with Gasteiger partial charge < -0.3 is 14.9 Å². The fourth-order valence-electron chi connectivity index (χ4n) is 3.52. The lowest BCUT2D eigenvalue weighted by Crippen LogP contribution is -2.25. The van der Waals surface area contributed by atoms with Gasteiger partial charge in [0.05, 0.1) is 34.1 Å². The van der Waals surface area contributed by atoms with Crippen LogP contribution < -0.4 is 10.1 Å². The molecule has 3 N–H and O–H groups in total. The van der Waals surface area contributed by atoms with E-state index in [4.69, 9.17) is 4.74 Å². The lowest BCUT2D eigenvalue weighted by molar-refractivity contribution is -0.123. The van der Waals surface area contributed by atoms with Crippen molar-refractivity contribution in [3.63, 3.8) is 0 Å². The Morgan fingerprint density at radius 1 is 1.06 bits per heavy atom. The van der Waals surface area contributed by atoms with Gasteiger partial charge in [-0.05, 0) is 82.2 Å². The summed E-state index contributed by atoms with van der Waals surface area (Å²) in [6.45, 7) is 1.12. The maximum absolute atomic E-state index is 13.4. The van der Waals surface area contributed by atoms with Crippen LogP contribution in [0.15, 0.2) is 65.6 Å². The van der Waals surface area contributed by atoms with Gasteiger partial charge in [-0.25, -0.2) is 13.4 Å². The number of amides is 1. The number of aliphatic hydroxyl groups is 2. The number of rotatable bonds is 9. The average Bonchev–Trinajstić information content (AvgIpc) is 3.28. The normalized spacial score (nSPS) is 12.4. The Morgan fingerprint density at radius 3 is 2.31 bits per heavy atom. The van der Waals surface area contributed by atoms with Gasteiger partial charge >= 0.3 is 0 Å². The first-order valence-corrected chi connectivity index (χ1v) is 14.5. The number of benzene rings is 3. The van der Waals surface area contributed by atoms with Crippen LogP contribution >= 0.6 is 33.9 Å². The first kappa shape index (κ1) is 26.5. The fourth-order valence-corrected chi connectivity index (χ4v) is 5.67. The molecule has 36 heavy (non-hydrogen) atoms. The summed E-state index contributed by atoms with van der Waals surface area (Å²) >= 11 is 3.40. The molecule has 3 aromatic carbocycles. The summed E-state index contributed by atoms with van der Waals surface area (Å²) in [6, 6.07) is 16.7. The van der Waals surface area contributed by atoms with E-state index in [0.717, 1.165) is 8.27 Å². The smallest absolute Gasteiger partial charge is 0.271 e. The molecule has 188 valence electrons. The number of aromatic nitrogens is 1. The topological polar surface area (TPSA) is 126 Å². The number of nitrogens with one attached hydrogen (secondary N) is 1. The Bertz CT molecular complexity index is 1440. The quantitative estimate of drug-likeness (QED) is 0.232. The van der Waals surface area contributed by atoms with E-state index in [1.54, 1.807) is 43.3 Å². The maximum atomic E-state index is 13.4. The molecule has 0 fully saturated rings. The summed E-state index contributed by atoms with van der Waals surface area (Å²) < 4.78 is 32.2. The van der Waals surface area contributed by atoms with Crippen LogP contribution in [0.3, 0.4) is 0 Å². The molecule has 0 saturated carbocycles. The molecule has 4 rings (SSSR count). The van der Waals surface area contributed by atoms with Crippen LogP contribution in [0.5, 0.6) is 5.75 Å². The lowest BCUT2D eigenvalue weighted by atomic mass is 10.1. The minimum Gasteiger partial charge on any atom is -0.476 e. The van der Waals surface area contributed by atoms with Gasteiger partial charge in [0.15, 0.2) is 15.0 Å². The number of anilines is 1. The monoisotopic (exact) mass is 638 g/mol. The van der Waals surface area contributed by atoms with E-state index in [-0.39, 0.29) is 23.9 Å². The lowest BCUT2D eigenvalue weighted by Gasteiger charge is -2.19. The number of carbonyl (C=O) groups is 1. The Balaban J connectivity index is 1.65. The Kier molecular flexibility index (Phi) is 8.25. The van der Waals surface area contributed by atoms with Crippen molar-refractivity contribution < 1.29 is 28.2 Å². The highest BCUT2D eigenvalue weighted by Gasteiger charge is 2.25. The van der Waals surface area contributed by atoms with E-state index in [2.05, 4.69) is 32.9 Å². The number of fused-ring (bicyclic) bond motifs is 1. The van der Waals surface area contributed by atoms with Crippen molar-refractivity contribution in [1.82, 2.24) is 4.98 Å². The highest BCUT2D eigenvalue weighted by atomic mass is 127. The van der Waals surface area contributed by atoms with Crippen molar-refractivity contribution in [2.24, 2.45) is 0 Å². The Labute approximate surface area is 226 Å². The first-order chi connectivity index (χ1) is 17.2. The predicted molar refractivity (Wildman–Crippen MR) is 147 cm³/mol. The van der Waals surface area contributed by atoms with Crippen LogP contribution in [-0.2, 0) is 27.8 Å². The summed E-state index contributed by atoms with van der Waals surface area (Å²) in [5.41, 5.74) is 2.22. The van der Waals surface area contributed by atoms with E-state index in [0.29, 0.717) is 33.1 Å². The largest absolute Gasteiger partial charge is 0.476 e. The second-order valence-electron chi connectivity index (χ2n) is 7.84. The van der Waals surface area contributed by atoms with Gasteiger partial charge in [-0.15, -0.1) is 0 Å². The molecule has 1 atom stereocenters. The van der Waals surface area contributed by atoms with Gasteiger partial charge in [0.25, 0.3) is 5.91 Å². The molecule has 1 unspecified atom stereocenters. The van der Waals surface area contributed by atoms with E-state index in [1.807, 2.05) is 12.1 Å². The number of hydrogen-bond donors (Lipinski definition) is 3. The van der Waals surface area contributed by atoms with Crippen LogP contribution in [0.2, 0.25) is 0 Å². The highest BCUT2D eigenvalue weighted by Crippen LogP contribution is 2.31. The van der Waals surface area contributed by atoms with Gasteiger partial charge in [-0.3, -0.25) is 10.1 Å². The van der Waals surface area contributed by atoms with Crippen molar-refractivity contribution in [3.05, 3.63) is 80.9 Å². The molecule has 0 aliphatic rings. The second-order valence-corrected chi connectivity index (χ2v) is 12.4. The standard InChI is InChI=1S/C25H23IN2O6S2/c1-2-36(32,33)20-9-3-15(4-10-20)23(34-19-7-5-18(26)6-8-19)24(31)28-25-27-21-11-16(13-29)17(14-30)12-22(21)35-25/h3-12,23,29-30H,2,13-14H2,1H3,(H,27,28,31). The fraction of sp³-hybridized carbons (Fsp3) is 0.200. The molecule has 0 saturated heterocycles. The molecule has 0 aliphatic carbocycles. The van der Waals surface area contributed by atoms with Crippen LogP contribution in [0, 0.1) is 3.57 Å². The third kappa shape index (κ3) is 5.86. The predicted octanol–water partition coefficient (Wildman–Crippen LogP) is 4.44. The average molecular weight is 639 g/mol. The van der Waals surface area contributed by atoms with Crippen molar-refractivity contribution in [2.45, 2.75) is 31.1 Å².